The van der Waals surface area contributed by atoms with Crippen LogP contribution in [0.1, 0.15) is 51.3 Å². The number of benzene rings is 2. The highest BCUT2D eigenvalue weighted by Crippen LogP contribution is 2.17. The lowest BCUT2D eigenvalue weighted by Crippen LogP contribution is -2.41. The number of rotatable bonds is 6. The van der Waals surface area contributed by atoms with Crippen LogP contribution in [-0.2, 0) is 17.8 Å². The quantitative estimate of drug-likeness (QED) is 0.467. The zero-order chi connectivity index (χ0) is 25.2. The first-order chi connectivity index (χ1) is 15.9. The Labute approximate surface area is 209 Å². The number of nitrogens with one attached hydrogen (secondary N) is 1. The van der Waals surface area contributed by atoms with E-state index in [4.69, 9.17) is 5.73 Å². The predicted molar refractivity (Wildman–Crippen MR) is 145 cm³/mol. The number of aliphatic hydroxyl groups excluding tert-OH is 1. The molecule has 0 saturated heterocycles. The maximum atomic E-state index is 10.4. The van der Waals surface area contributed by atoms with Crippen LogP contribution in [0.25, 0.3) is 5.57 Å². The lowest BCUT2D eigenvalue weighted by Gasteiger charge is -2.24. The topological polar surface area (TPSA) is 78.6 Å². The van der Waals surface area contributed by atoms with E-state index in [1.54, 1.807) is 6.20 Å². The smallest absolute Gasteiger partial charge is 0.139 e. The molecule has 2 unspecified atom stereocenters. The molecule has 2 atom stereocenters. The molecule has 0 bridgehead atoms. The minimum Gasteiger partial charge on any atom is -0.389 e. The molecule has 2 aromatic rings. The summed E-state index contributed by atoms with van der Waals surface area (Å²) in [6.07, 6.45) is 2.67. The van der Waals surface area contributed by atoms with Gasteiger partial charge < -0.3 is 25.9 Å². The minimum atomic E-state index is -0.878. The summed E-state index contributed by atoms with van der Waals surface area (Å²) in [6, 6.07) is 15.8. The van der Waals surface area contributed by atoms with Gasteiger partial charge in [0.1, 0.15) is 6.29 Å². The van der Waals surface area contributed by atoms with Gasteiger partial charge in [-0.2, -0.15) is 0 Å². The van der Waals surface area contributed by atoms with Crippen molar-refractivity contribution in [2.24, 2.45) is 5.73 Å². The van der Waals surface area contributed by atoms with Crippen molar-refractivity contribution < 1.29 is 9.90 Å². The third-order valence-corrected chi connectivity index (χ3v) is 5.40. The van der Waals surface area contributed by atoms with Crippen molar-refractivity contribution in [2.75, 3.05) is 20.1 Å². The molecule has 6 heteroatoms. The fourth-order valence-corrected chi connectivity index (χ4v) is 3.26. The molecule has 4 N–H and O–H groups in total. The van der Waals surface area contributed by atoms with Crippen molar-refractivity contribution in [3.63, 3.8) is 0 Å². The van der Waals surface area contributed by atoms with Gasteiger partial charge in [-0.15, -0.1) is 0 Å². The van der Waals surface area contributed by atoms with Gasteiger partial charge in [0, 0.05) is 30.3 Å². The van der Waals surface area contributed by atoms with Gasteiger partial charge in [0.2, 0.25) is 0 Å². The van der Waals surface area contributed by atoms with Gasteiger partial charge in [0.15, 0.2) is 0 Å². The first kappa shape index (κ1) is 31.0. The van der Waals surface area contributed by atoms with Gasteiger partial charge in [-0.3, -0.25) is 0 Å². The van der Waals surface area contributed by atoms with E-state index in [0.717, 1.165) is 22.2 Å². The number of carbonyl (C=O) groups excluding carboxylic acids is 1. The SMILES string of the molecule is C/C(=C\NCC(O)C(N)C=O)c1ccc(Br)cc1.CC.CC.CN1CCc2ccccc2C1. The third kappa shape index (κ3) is 12.2. The number of hydrogen-bond donors (Lipinski definition) is 3. The summed E-state index contributed by atoms with van der Waals surface area (Å²) in [5, 5.41) is 12.4. The molecule has 0 fully saturated rings. The van der Waals surface area contributed by atoms with Crippen LogP contribution >= 0.6 is 15.9 Å². The van der Waals surface area contributed by atoms with E-state index >= 15 is 0 Å². The molecule has 33 heavy (non-hydrogen) atoms. The Morgan fingerprint density at radius 1 is 1.12 bits per heavy atom. The van der Waals surface area contributed by atoms with Crippen LogP contribution in [0.4, 0.5) is 0 Å². The lowest BCUT2D eigenvalue weighted by atomic mass is 10.0. The second kappa shape index (κ2) is 18.4. The highest BCUT2D eigenvalue weighted by molar-refractivity contribution is 9.10. The number of likely N-dealkylation sites (N-methyl/N-ethyl adjacent to an activating group) is 1. The number of allylic oxidation sites excluding steroid dienone is 1. The van der Waals surface area contributed by atoms with E-state index in [1.807, 2.05) is 58.9 Å². The van der Waals surface area contributed by atoms with Gasteiger partial charge in [-0.25, -0.2) is 0 Å². The number of aldehydes is 1. The minimum absolute atomic E-state index is 0.244. The average Bonchev–Trinajstić information content (AvgIpc) is 2.86. The molecule has 0 amide bonds. The van der Waals surface area contributed by atoms with Crippen LogP contribution in [0.15, 0.2) is 59.2 Å². The Bertz CT molecular complexity index is 809. The van der Waals surface area contributed by atoms with Gasteiger partial charge in [0.25, 0.3) is 0 Å². The summed E-state index contributed by atoms with van der Waals surface area (Å²) >= 11 is 3.38. The Morgan fingerprint density at radius 3 is 2.27 bits per heavy atom. The highest BCUT2D eigenvalue weighted by atomic mass is 79.9. The Kier molecular flexibility index (Phi) is 17.3. The molecule has 0 aromatic heterocycles. The molecular formula is C27H42BrN3O2. The standard InChI is InChI=1S/C13H17BrN2O2.C10H13N.2C2H6/c1-9(10-2-4-11(14)5-3-10)6-16-7-13(18)12(15)8-17;1-11-7-6-9-4-2-3-5-10(9)8-11;2*1-2/h2-6,8,12-13,16,18H,7,15H2,1H3;2-5H,6-8H2,1H3;2*1-2H3/b9-6+;;;. The highest BCUT2D eigenvalue weighted by Gasteiger charge is 2.12. The van der Waals surface area contributed by atoms with Gasteiger partial charge >= 0.3 is 0 Å². The Balaban J connectivity index is 0.000000579. The summed E-state index contributed by atoms with van der Waals surface area (Å²) in [5.74, 6) is 0. The number of hydrogen-bond acceptors (Lipinski definition) is 5. The first-order valence-electron chi connectivity index (χ1n) is 11.7. The zero-order valence-corrected chi connectivity index (χ0v) is 22.6. The predicted octanol–water partition coefficient (Wildman–Crippen LogP) is 5.01. The molecule has 1 aliphatic rings. The monoisotopic (exact) mass is 519 g/mol. The van der Waals surface area contributed by atoms with Crippen molar-refractivity contribution in [3.8, 4) is 0 Å². The summed E-state index contributed by atoms with van der Waals surface area (Å²) in [5.41, 5.74) is 10.5. The molecule has 184 valence electrons. The number of fused-ring (bicyclic) bond motifs is 1. The molecule has 0 aliphatic carbocycles. The first-order valence-corrected chi connectivity index (χ1v) is 12.5. The molecule has 1 aliphatic heterocycles. The van der Waals surface area contributed by atoms with E-state index in [2.05, 4.69) is 57.5 Å². The molecule has 3 rings (SSSR count). The molecule has 1 heterocycles. The normalized spacial score (nSPS) is 14.5. The summed E-state index contributed by atoms with van der Waals surface area (Å²) in [4.78, 5) is 12.7. The van der Waals surface area contributed by atoms with Crippen LogP contribution in [0.2, 0.25) is 0 Å². The van der Waals surface area contributed by atoms with Crippen LogP contribution in [0.5, 0.6) is 0 Å². The van der Waals surface area contributed by atoms with Crippen LogP contribution < -0.4 is 11.1 Å². The van der Waals surface area contributed by atoms with Crippen LogP contribution in [0.3, 0.4) is 0 Å². The maximum absolute atomic E-state index is 10.4. The summed E-state index contributed by atoms with van der Waals surface area (Å²) < 4.78 is 1.03. The summed E-state index contributed by atoms with van der Waals surface area (Å²) in [7, 11) is 2.18. The zero-order valence-electron chi connectivity index (χ0n) is 21.0. The van der Waals surface area contributed by atoms with E-state index in [-0.39, 0.29) is 6.54 Å². The molecule has 0 radical (unpaired) electrons. The van der Waals surface area contributed by atoms with Crippen molar-refractivity contribution in [1.29, 1.82) is 0 Å². The van der Waals surface area contributed by atoms with Crippen molar-refractivity contribution in [1.82, 2.24) is 10.2 Å². The summed E-state index contributed by atoms with van der Waals surface area (Å²) in [6.45, 7) is 12.5. The fourth-order valence-electron chi connectivity index (χ4n) is 2.99. The lowest BCUT2D eigenvalue weighted by molar-refractivity contribution is -0.110. The van der Waals surface area contributed by atoms with Gasteiger partial charge in [0.05, 0.1) is 12.1 Å². The average molecular weight is 521 g/mol. The number of nitrogens with zero attached hydrogens (tertiary/aromatic N) is 1. The Hall–Kier alpha value is -1.99. The van der Waals surface area contributed by atoms with Crippen molar-refractivity contribution in [2.45, 2.75) is 59.7 Å². The van der Waals surface area contributed by atoms with Crippen molar-refractivity contribution >= 4 is 27.8 Å². The maximum Gasteiger partial charge on any atom is 0.139 e. The van der Waals surface area contributed by atoms with E-state index in [0.29, 0.717) is 6.29 Å². The molecule has 5 nitrogen and oxygen atoms in total. The van der Waals surface area contributed by atoms with Crippen LogP contribution in [-0.4, -0.2) is 48.6 Å². The number of aliphatic hydroxyl groups is 1. The number of halogens is 1. The van der Waals surface area contributed by atoms with E-state index in [9.17, 15) is 9.90 Å². The number of nitrogens with two attached hydrogens (primary N) is 1. The van der Waals surface area contributed by atoms with Gasteiger partial charge in [-0.1, -0.05) is 80.0 Å². The van der Waals surface area contributed by atoms with Gasteiger partial charge in [-0.05, 0) is 54.8 Å². The molecule has 2 aromatic carbocycles. The second-order valence-corrected chi connectivity index (χ2v) is 8.20. The molecule has 0 saturated carbocycles. The Morgan fingerprint density at radius 2 is 1.70 bits per heavy atom. The van der Waals surface area contributed by atoms with E-state index < -0.39 is 12.1 Å². The molecule has 0 spiro atoms. The van der Waals surface area contributed by atoms with Crippen LogP contribution in [0, 0.1) is 0 Å². The third-order valence-electron chi connectivity index (χ3n) is 4.87. The molecular weight excluding hydrogens is 478 g/mol. The second-order valence-electron chi connectivity index (χ2n) is 7.28. The van der Waals surface area contributed by atoms with E-state index in [1.165, 1.54) is 24.1 Å². The van der Waals surface area contributed by atoms with Crippen molar-refractivity contribution in [3.05, 3.63) is 75.9 Å². The fraction of sp³-hybridized carbons (Fsp3) is 0.444. The largest absolute Gasteiger partial charge is 0.389 e. The number of carbonyl (C=O) groups is 1.